The maximum absolute atomic E-state index is 14.7. The Balaban J connectivity index is 4.15. The van der Waals surface area contributed by atoms with Crippen LogP contribution in [-0.4, -0.2) is 60.5 Å². The zero-order valence-corrected chi connectivity index (χ0v) is 33.7. The quantitative estimate of drug-likeness (QED) is 0.136. The monoisotopic (exact) mass is 728 g/mol. The van der Waals surface area contributed by atoms with Gasteiger partial charge in [0.25, 0.3) is 0 Å². The van der Waals surface area contributed by atoms with Crippen LogP contribution in [0.15, 0.2) is 44.2 Å². The summed E-state index contributed by atoms with van der Waals surface area (Å²) in [5.74, 6) is 3.12. The molecule has 0 bridgehead atoms. The number of aliphatic hydroxyl groups excluding tert-OH is 1. The van der Waals surface area contributed by atoms with Crippen LogP contribution in [0.25, 0.3) is 0 Å². The predicted molar refractivity (Wildman–Crippen MR) is 186 cm³/mol. The van der Waals surface area contributed by atoms with Crippen molar-refractivity contribution in [3.8, 4) is 11.5 Å². The van der Waals surface area contributed by atoms with E-state index in [0.717, 1.165) is 51.8 Å². The molecule has 41 heavy (non-hydrogen) atoms. The Morgan fingerprint density at radius 3 is 1.78 bits per heavy atom. The molecule has 0 amide bonds. The van der Waals surface area contributed by atoms with Gasteiger partial charge in [-0.2, -0.15) is 0 Å². The van der Waals surface area contributed by atoms with Gasteiger partial charge in [-0.15, -0.1) is 0 Å². The normalized spacial score (nSPS) is 15.3. The van der Waals surface area contributed by atoms with Crippen molar-refractivity contribution in [1.82, 2.24) is 0 Å². The number of hydrogen-bond acceptors (Lipinski definition) is 4. The van der Waals surface area contributed by atoms with Gasteiger partial charge in [-0.3, -0.25) is 0 Å². The van der Waals surface area contributed by atoms with Crippen LogP contribution in [-0.2, 0) is 14.3 Å². The van der Waals surface area contributed by atoms with Gasteiger partial charge in [0, 0.05) is 0 Å². The Hall–Kier alpha value is -0.378. The second kappa shape index (κ2) is 16.6. The first-order valence-electron chi connectivity index (χ1n) is 15.8. The molecule has 234 valence electrons. The third kappa shape index (κ3) is 11.9. The van der Waals surface area contributed by atoms with Crippen molar-refractivity contribution in [2.24, 2.45) is 0 Å². The summed E-state index contributed by atoms with van der Waals surface area (Å²) in [5, 5.41) is 11.5. The van der Waals surface area contributed by atoms with E-state index in [2.05, 4.69) is 85.7 Å². The SMILES string of the molecule is CCC[CH2][Sn]([CH2]CCC)([CH2]CCC)/[C](=C\[C@H](O[Si](C)(C)C(C)(C)C)[C@@H](O)C#C[Si](C)(C)C)S(=O)(=O)c1ccccc1. The summed E-state index contributed by atoms with van der Waals surface area (Å²) in [7, 11) is -7.92. The zero-order valence-electron chi connectivity index (χ0n) is 28.1. The minimum absolute atomic E-state index is 0.101. The fourth-order valence-corrected chi connectivity index (χ4v) is 30.8. The Morgan fingerprint density at radius 2 is 1.39 bits per heavy atom. The van der Waals surface area contributed by atoms with Crippen LogP contribution in [0.3, 0.4) is 0 Å². The van der Waals surface area contributed by atoms with E-state index < -0.39 is 56.8 Å². The molecule has 0 heterocycles. The van der Waals surface area contributed by atoms with Crippen LogP contribution in [0.4, 0.5) is 0 Å². The van der Waals surface area contributed by atoms with Gasteiger partial charge in [0.1, 0.15) is 0 Å². The van der Waals surface area contributed by atoms with Gasteiger partial charge in [-0.1, -0.05) is 0 Å². The molecule has 1 aromatic rings. The summed E-state index contributed by atoms with van der Waals surface area (Å²) in [5.41, 5.74) is 3.32. The summed E-state index contributed by atoms with van der Waals surface area (Å²) >= 11 is -3.57. The van der Waals surface area contributed by atoms with Gasteiger partial charge in [0.2, 0.25) is 0 Å². The van der Waals surface area contributed by atoms with E-state index in [1.807, 2.05) is 24.3 Å². The van der Waals surface area contributed by atoms with Crippen molar-refractivity contribution in [2.75, 3.05) is 0 Å². The number of sulfone groups is 1. The van der Waals surface area contributed by atoms with Gasteiger partial charge in [0.15, 0.2) is 0 Å². The topological polar surface area (TPSA) is 63.6 Å². The minimum atomic E-state index is -3.77. The Morgan fingerprint density at radius 1 is 0.927 bits per heavy atom. The van der Waals surface area contributed by atoms with Crippen molar-refractivity contribution < 1.29 is 18.0 Å². The van der Waals surface area contributed by atoms with Gasteiger partial charge in [0.05, 0.1) is 0 Å². The summed E-state index contributed by atoms with van der Waals surface area (Å²) in [6, 6.07) is 8.94. The van der Waals surface area contributed by atoms with Crippen LogP contribution in [0.1, 0.15) is 80.1 Å². The Kier molecular flexibility index (Phi) is 15.7. The van der Waals surface area contributed by atoms with Crippen molar-refractivity contribution in [2.45, 2.75) is 148 Å². The second-order valence-electron chi connectivity index (χ2n) is 14.2. The molecule has 0 aliphatic carbocycles. The molecule has 0 saturated heterocycles. The first-order valence-corrected chi connectivity index (χ1v) is 31.1. The molecule has 0 aliphatic rings. The van der Waals surface area contributed by atoms with Crippen molar-refractivity contribution in [3.63, 3.8) is 0 Å². The van der Waals surface area contributed by atoms with Crippen LogP contribution < -0.4 is 0 Å². The number of hydrogen-bond donors (Lipinski definition) is 1. The Labute approximate surface area is 260 Å². The molecule has 1 aromatic carbocycles. The molecule has 0 saturated carbocycles. The first kappa shape index (κ1) is 38.6. The Bertz CT molecular complexity index is 1100. The second-order valence-corrected chi connectivity index (χ2v) is 39.8. The van der Waals surface area contributed by atoms with Crippen LogP contribution in [0, 0.1) is 11.5 Å². The molecule has 4 nitrogen and oxygen atoms in total. The third-order valence-corrected chi connectivity index (χ3v) is 35.2. The maximum atomic E-state index is 14.7. The first-order chi connectivity index (χ1) is 18.9. The average molecular weight is 728 g/mol. The molecule has 1 N–H and O–H groups in total. The van der Waals surface area contributed by atoms with E-state index in [1.165, 1.54) is 0 Å². The molecular weight excluding hydrogens is 667 g/mol. The molecule has 1 rings (SSSR count). The van der Waals surface area contributed by atoms with E-state index in [0.29, 0.717) is 7.82 Å². The third-order valence-electron chi connectivity index (χ3n) is 8.35. The molecule has 0 aromatic heterocycles. The van der Waals surface area contributed by atoms with Crippen molar-refractivity contribution >= 4 is 44.6 Å². The van der Waals surface area contributed by atoms with Gasteiger partial charge < -0.3 is 0 Å². The molecule has 0 unspecified atom stereocenters. The summed E-state index contributed by atoms with van der Waals surface area (Å²) in [6.45, 7) is 23.9. The van der Waals surface area contributed by atoms with Gasteiger partial charge in [-0.05, 0) is 0 Å². The number of unbranched alkanes of at least 4 members (excludes halogenated alkanes) is 3. The molecule has 2 atom stereocenters. The van der Waals surface area contributed by atoms with Gasteiger partial charge in [-0.25, -0.2) is 0 Å². The summed E-state index contributed by atoms with van der Waals surface area (Å²) in [6.07, 6.45) is 6.28. The number of aliphatic hydroxyl groups is 1. The van der Waals surface area contributed by atoms with Gasteiger partial charge >= 0.3 is 262 Å². The summed E-state index contributed by atoms with van der Waals surface area (Å²) in [4.78, 5) is 0.352. The fraction of sp³-hybridized carbons (Fsp3) is 0.697. The van der Waals surface area contributed by atoms with E-state index in [1.54, 1.807) is 12.1 Å². The summed E-state index contributed by atoms with van der Waals surface area (Å²) < 4.78 is 40.0. The average Bonchev–Trinajstić information content (AvgIpc) is 2.89. The van der Waals surface area contributed by atoms with Crippen molar-refractivity contribution in [3.05, 3.63) is 39.3 Å². The standard InChI is InChI=1S/C21H33O4SSi2.3C4H9.Sn/c1-21(2,3)28(7,8)25-20(19(22)15-17-27(4,5)6)14-16-26(23,24)18-12-10-9-11-13-18;3*1-3-4-2;/h9-14,19-20,22H,1-8H3;3*1,3-4H2,2H3;/t19-,20-;;;;/m0..../s1. The van der Waals surface area contributed by atoms with Crippen LogP contribution in [0.2, 0.25) is 51.1 Å². The fourth-order valence-electron chi connectivity index (χ4n) is 4.80. The number of benzene rings is 1. The molecule has 8 heteroatoms. The van der Waals surface area contributed by atoms with Crippen LogP contribution in [0.5, 0.6) is 0 Å². The number of rotatable bonds is 16. The molecule has 0 radical (unpaired) electrons. The zero-order chi connectivity index (χ0) is 31.5. The van der Waals surface area contributed by atoms with Crippen LogP contribution >= 0.6 is 0 Å². The van der Waals surface area contributed by atoms with Crippen molar-refractivity contribution in [1.29, 1.82) is 0 Å². The van der Waals surface area contributed by atoms with E-state index in [4.69, 9.17) is 4.43 Å². The molecule has 0 aliphatic heterocycles. The van der Waals surface area contributed by atoms with E-state index >= 15 is 0 Å². The molecule has 0 spiro atoms. The van der Waals surface area contributed by atoms with E-state index in [-0.39, 0.29) is 5.04 Å². The predicted octanol–water partition coefficient (Wildman–Crippen LogP) is 9.36. The molecular formula is C33H60O4SSi2Sn. The van der Waals surface area contributed by atoms with E-state index in [9.17, 15) is 13.5 Å². The molecule has 0 fully saturated rings.